The molecule has 0 heterocycles. The van der Waals surface area contributed by atoms with Gasteiger partial charge in [-0.1, -0.05) is 0 Å². The molecule has 1 atom stereocenters. The molecule has 0 saturated carbocycles. The zero-order valence-electron chi connectivity index (χ0n) is 9.11. The summed E-state index contributed by atoms with van der Waals surface area (Å²) in [5, 5.41) is 17.8. The highest BCUT2D eigenvalue weighted by Gasteiger charge is 2.39. The number of anilines is 1. The second-order valence-corrected chi connectivity index (χ2v) is 3.94. The predicted molar refractivity (Wildman–Crippen MR) is 58.1 cm³/mol. The van der Waals surface area contributed by atoms with Crippen LogP contribution in [0.15, 0.2) is 18.2 Å². The van der Waals surface area contributed by atoms with E-state index in [4.69, 9.17) is 15.9 Å². The van der Waals surface area contributed by atoms with Crippen LogP contribution in [0, 0.1) is 5.82 Å². The number of hydrogen-bond donors (Lipinski definition) is 3. The van der Waals surface area contributed by atoms with Crippen molar-refractivity contribution in [2.45, 2.75) is 18.8 Å². The van der Waals surface area contributed by atoms with Crippen molar-refractivity contribution in [1.82, 2.24) is 0 Å². The van der Waals surface area contributed by atoms with E-state index >= 15 is 0 Å². The van der Waals surface area contributed by atoms with E-state index in [-0.39, 0.29) is 11.3 Å². The molecule has 0 aromatic heterocycles. The number of hydrogen-bond acceptors (Lipinski definition) is 3. The summed E-state index contributed by atoms with van der Waals surface area (Å²) in [6.07, 6.45) is -0.671. The molecule has 6 heteroatoms. The van der Waals surface area contributed by atoms with Crippen LogP contribution in [-0.4, -0.2) is 22.2 Å². The van der Waals surface area contributed by atoms with Crippen LogP contribution in [0.2, 0.25) is 0 Å². The van der Waals surface area contributed by atoms with Crippen molar-refractivity contribution in [2.75, 3.05) is 5.73 Å². The molecule has 0 aliphatic rings. The van der Waals surface area contributed by atoms with Crippen molar-refractivity contribution in [2.24, 2.45) is 0 Å². The minimum absolute atomic E-state index is 0.0348. The minimum atomic E-state index is -1.75. The predicted octanol–water partition coefficient (Wildman–Crippen LogP) is 1.22. The monoisotopic (exact) mass is 241 g/mol. The molecular weight excluding hydrogens is 229 g/mol. The fourth-order valence-electron chi connectivity index (χ4n) is 1.59. The van der Waals surface area contributed by atoms with Crippen LogP contribution in [0.1, 0.15) is 18.9 Å². The Kier molecular flexibility index (Phi) is 3.36. The maximum Gasteiger partial charge on any atom is 0.314 e. The summed E-state index contributed by atoms with van der Waals surface area (Å²) in [7, 11) is 0. The number of nitrogen functional groups attached to an aromatic ring is 1. The first-order valence-electron chi connectivity index (χ1n) is 4.78. The molecule has 4 N–H and O–H groups in total. The molecular formula is C11H12FNO4. The molecule has 1 aromatic carbocycles. The second kappa shape index (κ2) is 4.40. The van der Waals surface area contributed by atoms with Crippen molar-refractivity contribution < 1.29 is 24.2 Å². The van der Waals surface area contributed by atoms with E-state index in [1.165, 1.54) is 13.0 Å². The van der Waals surface area contributed by atoms with Gasteiger partial charge in [0.25, 0.3) is 0 Å². The molecule has 0 bridgehead atoms. The normalized spacial score (nSPS) is 14.0. The second-order valence-electron chi connectivity index (χ2n) is 3.94. The Morgan fingerprint density at radius 3 is 2.47 bits per heavy atom. The Morgan fingerprint density at radius 2 is 2.00 bits per heavy atom. The maximum absolute atomic E-state index is 13.1. The van der Waals surface area contributed by atoms with E-state index in [0.29, 0.717) is 0 Å². The van der Waals surface area contributed by atoms with Gasteiger partial charge in [0.1, 0.15) is 11.2 Å². The fourth-order valence-corrected chi connectivity index (χ4v) is 1.59. The summed E-state index contributed by atoms with van der Waals surface area (Å²) in [5.41, 5.74) is 3.83. The largest absolute Gasteiger partial charge is 0.481 e. The van der Waals surface area contributed by atoms with Gasteiger partial charge in [0, 0.05) is 5.69 Å². The Morgan fingerprint density at radius 1 is 1.41 bits per heavy atom. The molecule has 92 valence electrons. The van der Waals surface area contributed by atoms with Crippen molar-refractivity contribution in [3.63, 3.8) is 0 Å². The van der Waals surface area contributed by atoms with Crippen LogP contribution in [0.5, 0.6) is 0 Å². The lowest BCUT2D eigenvalue weighted by molar-refractivity contribution is -0.149. The number of carboxylic acid groups (broad SMARTS) is 2. The molecule has 0 amide bonds. The van der Waals surface area contributed by atoms with Gasteiger partial charge in [0.15, 0.2) is 0 Å². The number of nitrogens with two attached hydrogens (primary N) is 1. The van der Waals surface area contributed by atoms with Gasteiger partial charge in [0.2, 0.25) is 0 Å². The molecule has 0 fully saturated rings. The van der Waals surface area contributed by atoms with Gasteiger partial charge in [-0.3, -0.25) is 9.59 Å². The Labute approximate surface area is 96.7 Å². The third-order valence-corrected chi connectivity index (χ3v) is 2.59. The van der Waals surface area contributed by atoms with Gasteiger partial charge >= 0.3 is 11.9 Å². The summed E-state index contributed by atoms with van der Waals surface area (Å²) in [6, 6.07) is 3.25. The SMILES string of the molecule is CC(CC(=O)O)(C(=O)O)c1cc(F)ccc1N. The lowest BCUT2D eigenvalue weighted by atomic mass is 9.78. The highest BCUT2D eigenvalue weighted by Crippen LogP contribution is 2.32. The number of carbonyl (C=O) groups is 2. The van der Waals surface area contributed by atoms with Gasteiger partial charge in [-0.15, -0.1) is 0 Å². The summed E-state index contributed by atoms with van der Waals surface area (Å²) in [4.78, 5) is 21.9. The highest BCUT2D eigenvalue weighted by atomic mass is 19.1. The first-order chi connectivity index (χ1) is 7.77. The van der Waals surface area contributed by atoms with Crippen LogP contribution >= 0.6 is 0 Å². The molecule has 1 aromatic rings. The van der Waals surface area contributed by atoms with Crippen LogP contribution in [0.4, 0.5) is 10.1 Å². The van der Waals surface area contributed by atoms with Crippen molar-refractivity contribution in [1.29, 1.82) is 0 Å². The lowest BCUT2D eigenvalue weighted by Gasteiger charge is -2.24. The summed E-state index contributed by atoms with van der Waals surface area (Å²) in [6.45, 7) is 1.20. The summed E-state index contributed by atoms with van der Waals surface area (Å²) in [5.74, 6) is -3.32. The lowest BCUT2D eigenvalue weighted by Crippen LogP contribution is -2.35. The van der Waals surface area contributed by atoms with Gasteiger partial charge in [-0.2, -0.15) is 0 Å². The molecule has 1 rings (SSSR count). The highest BCUT2D eigenvalue weighted by molar-refractivity contribution is 5.88. The van der Waals surface area contributed by atoms with Crippen LogP contribution in [0.3, 0.4) is 0 Å². The smallest absolute Gasteiger partial charge is 0.314 e. The maximum atomic E-state index is 13.1. The van der Waals surface area contributed by atoms with Crippen molar-refractivity contribution in [3.8, 4) is 0 Å². The molecule has 0 saturated heterocycles. The van der Waals surface area contributed by atoms with Gasteiger partial charge < -0.3 is 15.9 Å². The van der Waals surface area contributed by atoms with Crippen molar-refractivity contribution >= 4 is 17.6 Å². The standard InChI is InChI=1S/C11H12FNO4/c1-11(10(16)17,5-9(14)15)7-4-6(12)2-3-8(7)13/h2-4H,5,13H2,1H3,(H,14,15)(H,16,17). The Bertz CT molecular complexity index is 475. The first-order valence-corrected chi connectivity index (χ1v) is 4.78. The third-order valence-electron chi connectivity index (χ3n) is 2.59. The van der Waals surface area contributed by atoms with E-state index in [2.05, 4.69) is 0 Å². The number of rotatable bonds is 4. The quantitative estimate of drug-likeness (QED) is 0.688. The van der Waals surface area contributed by atoms with Gasteiger partial charge in [-0.25, -0.2) is 4.39 Å². The van der Waals surface area contributed by atoms with Crippen molar-refractivity contribution in [3.05, 3.63) is 29.6 Å². The Balaban J connectivity index is 3.36. The van der Waals surface area contributed by atoms with Crippen LogP contribution in [-0.2, 0) is 15.0 Å². The van der Waals surface area contributed by atoms with Gasteiger partial charge in [-0.05, 0) is 30.7 Å². The van der Waals surface area contributed by atoms with E-state index in [0.717, 1.165) is 12.1 Å². The molecule has 0 aliphatic carbocycles. The average Bonchev–Trinajstić information content (AvgIpc) is 2.20. The zero-order chi connectivity index (χ0) is 13.2. The topological polar surface area (TPSA) is 101 Å². The van der Waals surface area contributed by atoms with Gasteiger partial charge in [0.05, 0.1) is 6.42 Å². The number of halogens is 1. The molecule has 0 spiro atoms. The van der Waals surface area contributed by atoms with Crippen LogP contribution in [0.25, 0.3) is 0 Å². The fraction of sp³-hybridized carbons (Fsp3) is 0.273. The number of benzene rings is 1. The Hall–Kier alpha value is -2.11. The van der Waals surface area contributed by atoms with E-state index in [1.807, 2.05) is 0 Å². The third kappa shape index (κ3) is 2.52. The average molecular weight is 241 g/mol. The molecule has 0 radical (unpaired) electrons. The number of carboxylic acids is 2. The molecule has 1 unspecified atom stereocenters. The first kappa shape index (κ1) is 13.0. The molecule has 17 heavy (non-hydrogen) atoms. The van der Waals surface area contributed by atoms with E-state index < -0.39 is 29.6 Å². The summed E-state index contributed by atoms with van der Waals surface area (Å²) < 4.78 is 13.1. The molecule has 5 nitrogen and oxygen atoms in total. The zero-order valence-corrected chi connectivity index (χ0v) is 9.11. The number of aliphatic carboxylic acids is 2. The van der Waals surface area contributed by atoms with E-state index in [9.17, 15) is 14.0 Å². The van der Waals surface area contributed by atoms with E-state index in [1.54, 1.807) is 0 Å². The molecule has 0 aliphatic heterocycles. The van der Waals surface area contributed by atoms with Crippen LogP contribution < -0.4 is 5.73 Å². The summed E-state index contributed by atoms with van der Waals surface area (Å²) >= 11 is 0. The minimum Gasteiger partial charge on any atom is -0.481 e.